The lowest BCUT2D eigenvalue weighted by molar-refractivity contribution is 0.0591. The molecule has 0 aromatic carbocycles. The monoisotopic (exact) mass is 1990 g/mol. The third-order valence-electron chi connectivity index (χ3n) is 20.3. The number of carbonyl (C=O) groups excluding carboxylic acids is 5. The van der Waals surface area contributed by atoms with Crippen LogP contribution in [0.25, 0.3) is 39.9 Å². The number of amides is 1. The van der Waals surface area contributed by atoms with Crippen molar-refractivity contribution >= 4 is 105 Å². The quantitative estimate of drug-likeness (QED) is 0.0178. The molecular weight excluding hydrogens is 1860 g/mol. The van der Waals surface area contributed by atoms with Gasteiger partial charge in [0.25, 0.3) is 5.91 Å². The van der Waals surface area contributed by atoms with Crippen LogP contribution in [0.3, 0.4) is 0 Å². The van der Waals surface area contributed by atoms with E-state index in [1.807, 2.05) is 191 Å². The highest BCUT2D eigenvalue weighted by Gasteiger charge is 2.27. The molecule has 0 saturated heterocycles. The van der Waals surface area contributed by atoms with Crippen LogP contribution in [0.1, 0.15) is 211 Å². The van der Waals surface area contributed by atoms with Gasteiger partial charge < -0.3 is 60.3 Å². The number of hydrogen-bond acceptors (Lipinski definition) is 36. The van der Waals surface area contributed by atoms with Crippen LogP contribution in [-0.4, -0.2) is 240 Å². The van der Waals surface area contributed by atoms with E-state index in [-0.39, 0.29) is 29.8 Å². The van der Waals surface area contributed by atoms with Gasteiger partial charge in [-0.05, 0) is 226 Å². The van der Waals surface area contributed by atoms with E-state index in [4.69, 9.17) is 9.26 Å². The number of esters is 4. The van der Waals surface area contributed by atoms with E-state index in [0.717, 1.165) is 187 Å². The van der Waals surface area contributed by atoms with E-state index in [9.17, 15) is 24.0 Å². The Morgan fingerprint density at radius 1 is 0.489 bits per heavy atom. The molecule has 141 heavy (non-hydrogen) atoms. The van der Waals surface area contributed by atoms with Crippen LogP contribution in [0.15, 0.2) is 170 Å². The Bertz CT molecular complexity index is 6310. The summed E-state index contributed by atoms with van der Waals surface area (Å²) < 4.78 is 25.8. The van der Waals surface area contributed by atoms with Crippen LogP contribution in [0, 0.1) is 34.6 Å². The Morgan fingerprint density at radius 2 is 0.950 bits per heavy atom. The highest BCUT2D eigenvalue weighted by Crippen LogP contribution is 2.40. The maximum absolute atomic E-state index is 11.9. The predicted molar refractivity (Wildman–Crippen MR) is 555 cm³/mol. The lowest BCUT2D eigenvalue weighted by Gasteiger charge is -2.12. The lowest BCUT2D eigenvalue weighted by atomic mass is 10.1. The Hall–Kier alpha value is -15.8. The summed E-state index contributed by atoms with van der Waals surface area (Å²) in [5, 5.41) is 39.7. The van der Waals surface area contributed by atoms with Gasteiger partial charge in [0.2, 0.25) is 11.7 Å². The van der Waals surface area contributed by atoms with Gasteiger partial charge in [0, 0.05) is 204 Å². The summed E-state index contributed by atoms with van der Waals surface area (Å²) in [6.45, 7) is 24.3. The number of tetrazole rings is 1. The second-order valence-corrected chi connectivity index (χ2v) is 32.3. The number of anilines is 6. The van der Waals surface area contributed by atoms with Gasteiger partial charge in [-0.15, -0.1) is 5.10 Å². The molecule has 0 atom stereocenters. The van der Waals surface area contributed by atoms with E-state index in [1.54, 1.807) is 97.6 Å². The van der Waals surface area contributed by atoms with Gasteiger partial charge in [-0.1, -0.05) is 59.7 Å². The van der Waals surface area contributed by atoms with Gasteiger partial charge >= 0.3 is 23.9 Å². The summed E-state index contributed by atoms with van der Waals surface area (Å²) in [5.41, 5.74) is 19.2. The van der Waals surface area contributed by atoms with Crippen molar-refractivity contribution in [3.8, 4) is 34.2 Å². The molecule has 40 heteroatoms. The molecule has 16 rings (SSSR count). The number of nitrogens with zero attached hydrogens (tertiary/aromatic N) is 22. The number of pyridine rings is 10. The summed E-state index contributed by atoms with van der Waals surface area (Å²) >= 11 is 3.23. The summed E-state index contributed by atoms with van der Waals surface area (Å²) in [5.74, 6) is 8.03. The molecule has 13 aromatic heterocycles. The number of allylic oxidation sites excluding steroid dienone is 1. The van der Waals surface area contributed by atoms with E-state index in [1.165, 1.54) is 47.6 Å². The molecule has 15 heterocycles. The number of H-pyrrole nitrogens is 1. The molecule has 1 amide bonds. The van der Waals surface area contributed by atoms with Crippen LogP contribution in [0.2, 0.25) is 0 Å². The molecule has 1 saturated carbocycles. The number of ether oxygens (including phenoxy) is 4. The number of aromatic nitrogens is 19. The zero-order chi connectivity index (χ0) is 103. The van der Waals surface area contributed by atoms with Crippen molar-refractivity contribution in [3.63, 3.8) is 0 Å². The van der Waals surface area contributed by atoms with Gasteiger partial charge in [0.15, 0.2) is 17.5 Å². The Balaban J connectivity index is 0.000000213. The first-order valence-electron chi connectivity index (χ1n) is 45.6. The van der Waals surface area contributed by atoms with Crippen molar-refractivity contribution in [2.45, 2.75) is 146 Å². The minimum absolute atomic E-state index is 0.0285. The molecular formula is C101H128BrN29O10. The lowest BCUT2D eigenvalue weighted by Crippen LogP contribution is -2.22. The number of aryl methyl sites for hydroxylation is 11. The second kappa shape index (κ2) is 58.1. The number of hydrogen-bond donors (Lipinski definition) is 7. The summed E-state index contributed by atoms with van der Waals surface area (Å²) in [6, 6.07) is 37.1. The molecule has 39 nitrogen and oxygen atoms in total. The highest BCUT2D eigenvalue weighted by molar-refractivity contribution is 9.10. The summed E-state index contributed by atoms with van der Waals surface area (Å²) in [4.78, 5) is 122. The van der Waals surface area contributed by atoms with Gasteiger partial charge in [-0.2, -0.15) is 10.1 Å². The van der Waals surface area contributed by atoms with E-state index in [2.05, 4.69) is 188 Å². The Morgan fingerprint density at radius 3 is 1.40 bits per heavy atom. The number of methoxy groups -OCH3 is 4. The molecule has 0 unspecified atom stereocenters. The van der Waals surface area contributed by atoms with Crippen molar-refractivity contribution in [1.82, 2.24) is 100 Å². The van der Waals surface area contributed by atoms with Crippen LogP contribution in [-0.2, 0) is 58.1 Å². The van der Waals surface area contributed by atoms with Gasteiger partial charge in [-0.3, -0.25) is 34.8 Å². The van der Waals surface area contributed by atoms with Gasteiger partial charge in [-0.25, -0.2) is 68.7 Å². The first-order valence-corrected chi connectivity index (χ1v) is 46.4. The first-order chi connectivity index (χ1) is 67.7. The van der Waals surface area contributed by atoms with Crippen LogP contribution in [0.5, 0.6) is 0 Å². The largest absolute Gasteiger partial charge is 0.465 e. The fourth-order valence-corrected chi connectivity index (χ4v) is 13.3. The van der Waals surface area contributed by atoms with E-state index >= 15 is 0 Å². The fourth-order valence-electron chi connectivity index (χ4n) is 12.8. The third kappa shape index (κ3) is 36.6. The minimum atomic E-state index is -0.335. The molecule has 2 aliphatic heterocycles. The summed E-state index contributed by atoms with van der Waals surface area (Å²) in [7, 11) is 21.9. The Kier molecular flexibility index (Phi) is 46.2. The SMILES string of the molecule is CCc1cc(C(=O)OC)cc(Br)n1.CCc1cc(C(=O)OC)cc(C(C)C)n1.CCc1cc(C(=O)OC)cc(C)n1.CCc1cc(C(=O)OC)cc(CC)n1.CNc1cc(-c2ncn[nH]2)ccn1.CNc1cc(-c2nnnn2C)cc(C)n1.CNc1cc(-c2noc(C)n2)cc(C)n1.CNc1cc(C(=O)N(C)C)cc(C2CC2)n1.CNc1cc(C2=CCC=N2)ccn1.CNc1cc(C2=NCC=N2)cc(C)n1. The fraction of sp³-hybridized carbons (Fsp3) is 0.356. The predicted octanol–water partition coefficient (Wildman–Crippen LogP) is 16.7. The van der Waals surface area contributed by atoms with Crippen LogP contribution in [0.4, 0.5) is 34.9 Å². The highest BCUT2D eigenvalue weighted by atomic mass is 79.9. The first kappa shape index (κ1) is 112. The summed E-state index contributed by atoms with van der Waals surface area (Å²) in [6.07, 6.45) is 18.2. The molecule has 744 valence electrons. The van der Waals surface area contributed by atoms with Crippen molar-refractivity contribution in [1.29, 1.82) is 0 Å². The average Bonchev–Trinajstić information content (AvgIpc) is 1.68. The van der Waals surface area contributed by atoms with E-state index < -0.39 is 0 Å². The number of aliphatic imine (C=N–C) groups is 3. The normalized spacial score (nSPS) is 11.4. The zero-order valence-electron chi connectivity index (χ0n) is 84.8. The standard InChI is InChI=1S/C12H17N3O.C12H17NO2.C11H15NO2.C10H12N4O.C10H12N4.C10H11N3.C10H13NO2.C9H10BrNO2.C9H12N6.C8H9N5/c1-13-11-7-9(12(16)15(2)3)6-10(14-11)8-4-5-8;1-5-10-6-9(12(14)15-4)7-11(13-10)8(2)3;1-4-9-6-8(11(13)14-3)7-10(5-2)12-9;1-6-4-8(5-9(11-3)12-6)10-13-7(2)15-14-10;1-7-5-8(6-9(11-2)14-7)10-12-3-4-13-10;1-11-10-7-8(4-6-13-10)9-3-2-5-12-9;1-4-9-6-8(10(12)13-3)5-7(2)11-9;1-3-7-4-6(9(12)13-2)5-8(10)11-7;1-6-4-7(5-8(10-2)11-6)9-12-13-14-15(9)3;1-9-7-4-6(2-3-10-7)8-11-5-12-13-8/h6-8H,4-5H2,1-3H3,(H,13,14);6-8H,5H2,1-4H3;6-7H,4-5H2,1-3H3;4-5H,1-3H3,(H,11,12);3,5-6H,4H2,1-2H3,(H,11,14);3-7H,2H2,1H3,(H,11,13);5-6H,4H2,1-3H3;4-5H,3H2,1-2H3;4-5H,1-3H3,(H,10,11);2-5H,1H3,(H,9,10)(H,11,12,13). The number of nitrogens with one attached hydrogen (secondary N) is 7. The smallest absolute Gasteiger partial charge is 0.338 e. The zero-order valence-corrected chi connectivity index (χ0v) is 86.4. The number of amidine groups is 1. The maximum atomic E-state index is 11.9. The van der Waals surface area contributed by atoms with Crippen molar-refractivity contribution < 1.29 is 47.4 Å². The topological polar surface area (TPSA) is 488 Å². The molecule has 0 bridgehead atoms. The maximum Gasteiger partial charge on any atom is 0.338 e. The number of carbonyl (C=O) groups is 5. The van der Waals surface area contributed by atoms with Gasteiger partial charge in [0.05, 0.1) is 62.9 Å². The van der Waals surface area contributed by atoms with Crippen molar-refractivity contribution in [2.75, 3.05) is 123 Å². The number of rotatable bonds is 23. The molecule has 1 fully saturated rings. The van der Waals surface area contributed by atoms with Crippen molar-refractivity contribution in [3.05, 3.63) is 258 Å². The van der Waals surface area contributed by atoms with Gasteiger partial charge in [0.1, 0.15) is 45.8 Å². The average molecular weight is 1990 g/mol. The molecule has 7 N–H and O–H groups in total. The Labute approximate surface area is 831 Å². The van der Waals surface area contributed by atoms with Crippen molar-refractivity contribution in [2.24, 2.45) is 22.0 Å². The van der Waals surface area contributed by atoms with E-state index in [0.29, 0.717) is 62.5 Å². The number of aromatic amines is 1. The molecule has 0 spiro atoms. The molecule has 13 aromatic rings. The molecule has 1 aliphatic carbocycles. The minimum Gasteiger partial charge on any atom is -0.465 e. The molecule has 3 aliphatic rings. The molecule has 0 radical (unpaired) electrons. The second-order valence-electron chi connectivity index (χ2n) is 31.5. The number of halogens is 1. The van der Waals surface area contributed by atoms with Crippen LogP contribution < -0.4 is 31.9 Å². The van der Waals surface area contributed by atoms with Crippen LogP contribution >= 0.6 is 15.9 Å². The third-order valence-corrected chi connectivity index (χ3v) is 20.7.